The largest absolute Gasteiger partial charge is 0.416 e. The fourth-order valence-electron chi connectivity index (χ4n) is 6.31. The van der Waals surface area contributed by atoms with Gasteiger partial charge in [-0.1, -0.05) is 12.1 Å². The third kappa shape index (κ3) is 6.14. The first-order chi connectivity index (χ1) is 19.2. The minimum absolute atomic E-state index is 0.0576. The lowest BCUT2D eigenvalue weighted by Crippen LogP contribution is -2.42. The molecule has 1 N–H and O–H groups in total. The van der Waals surface area contributed by atoms with Gasteiger partial charge >= 0.3 is 12.4 Å². The number of likely N-dealkylation sites (tertiary alicyclic amines) is 1. The minimum Gasteiger partial charge on any atom is -0.373 e. The maximum atomic E-state index is 13.8. The number of benzene rings is 2. The van der Waals surface area contributed by atoms with Gasteiger partial charge in [0.2, 0.25) is 0 Å². The Hall–Kier alpha value is -2.96. The SMILES string of the molecule is C[C@@H](O[C@H]1CC[C@@H]2CN(C3=CC(=O)COC3)C(O)[C@H]2[C@@H]1c1ccc(F)cc1)c1cc(C(F)(F)F)cc(C(F)(F)F)c1. The maximum absolute atomic E-state index is 13.8. The third-order valence-corrected chi connectivity index (χ3v) is 8.18. The van der Waals surface area contributed by atoms with Gasteiger partial charge in [0.1, 0.15) is 18.7 Å². The molecule has 0 aromatic heterocycles. The van der Waals surface area contributed by atoms with Crippen LogP contribution in [0.2, 0.25) is 0 Å². The van der Waals surface area contributed by atoms with E-state index in [-0.39, 0.29) is 36.5 Å². The number of alkyl halides is 6. The molecule has 6 atom stereocenters. The van der Waals surface area contributed by atoms with E-state index in [1.165, 1.54) is 37.3 Å². The van der Waals surface area contributed by atoms with Crippen molar-refractivity contribution in [3.05, 3.63) is 82.3 Å². The van der Waals surface area contributed by atoms with Crippen molar-refractivity contribution >= 4 is 5.78 Å². The lowest BCUT2D eigenvalue weighted by molar-refractivity contribution is -0.143. The molecule has 222 valence electrons. The smallest absolute Gasteiger partial charge is 0.373 e. The van der Waals surface area contributed by atoms with Crippen LogP contribution in [0.15, 0.2) is 54.2 Å². The molecule has 5 rings (SSSR count). The average molecular weight is 588 g/mol. The number of aliphatic hydroxyl groups excluding tert-OH is 1. The number of hydrogen-bond acceptors (Lipinski definition) is 5. The summed E-state index contributed by atoms with van der Waals surface area (Å²) < 4.78 is 106. The number of nitrogens with zero attached hydrogens (tertiary/aromatic N) is 1. The van der Waals surface area contributed by atoms with Crippen molar-refractivity contribution in [2.75, 3.05) is 19.8 Å². The van der Waals surface area contributed by atoms with Crippen LogP contribution in [0.5, 0.6) is 0 Å². The Labute approximate surface area is 231 Å². The van der Waals surface area contributed by atoms with Crippen molar-refractivity contribution in [2.45, 2.75) is 56.5 Å². The van der Waals surface area contributed by atoms with Crippen molar-refractivity contribution in [3.63, 3.8) is 0 Å². The van der Waals surface area contributed by atoms with Gasteiger partial charge in [0.25, 0.3) is 0 Å². The Kier molecular flexibility index (Phi) is 7.95. The van der Waals surface area contributed by atoms with Gasteiger partial charge in [0.15, 0.2) is 5.78 Å². The zero-order valence-electron chi connectivity index (χ0n) is 21.9. The lowest BCUT2D eigenvalue weighted by atomic mass is 9.68. The van der Waals surface area contributed by atoms with Crippen LogP contribution in [0.3, 0.4) is 0 Å². The highest BCUT2D eigenvalue weighted by molar-refractivity contribution is 5.92. The van der Waals surface area contributed by atoms with E-state index in [0.717, 1.165) is 0 Å². The molecular weight excluding hydrogens is 559 g/mol. The first-order valence-corrected chi connectivity index (χ1v) is 13.2. The number of rotatable bonds is 5. The number of halogens is 7. The molecule has 2 aromatic carbocycles. The van der Waals surface area contributed by atoms with E-state index in [2.05, 4.69) is 0 Å². The Morgan fingerprint density at radius 3 is 2.20 bits per heavy atom. The summed E-state index contributed by atoms with van der Waals surface area (Å²) in [6.45, 7) is 1.88. The first kappa shape index (κ1) is 29.5. The zero-order valence-corrected chi connectivity index (χ0v) is 21.9. The summed E-state index contributed by atoms with van der Waals surface area (Å²) in [5, 5.41) is 11.5. The normalized spacial score (nSPS) is 27.9. The van der Waals surface area contributed by atoms with Gasteiger partial charge in [-0.05, 0) is 67.1 Å². The van der Waals surface area contributed by atoms with Crippen LogP contribution in [0.25, 0.3) is 0 Å². The molecule has 3 aliphatic rings. The number of carbonyl (C=O) groups is 1. The van der Waals surface area contributed by atoms with Gasteiger partial charge in [-0.2, -0.15) is 26.3 Å². The predicted octanol–water partition coefficient (Wildman–Crippen LogP) is 6.24. The average Bonchev–Trinajstić information content (AvgIpc) is 3.24. The number of hydrogen-bond donors (Lipinski definition) is 1. The van der Waals surface area contributed by atoms with E-state index in [0.29, 0.717) is 42.8 Å². The molecule has 0 amide bonds. The Morgan fingerprint density at radius 1 is 0.976 bits per heavy atom. The van der Waals surface area contributed by atoms with Gasteiger partial charge in [0, 0.05) is 30.2 Å². The molecule has 2 aromatic rings. The van der Waals surface area contributed by atoms with Crippen LogP contribution < -0.4 is 0 Å². The Balaban J connectivity index is 1.48. The van der Waals surface area contributed by atoms with Crippen LogP contribution in [0.4, 0.5) is 30.7 Å². The molecule has 2 fully saturated rings. The van der Waals surface area contributed by atoms with E-state index in [4.69, 9.17) is 9.47 Å². The van der Waals surface area contributed by atoms with Crippen molar-refractivity contribution in [2.24, 2.45) is 11.8 Å². The van der Waals surface area contributed by atoms with Crippen LogP contribution in [0, 0.1) is 17.7 Å². The Morgan fingerprint density at radius 2 is 1.61 bits per heavy atom. The summed E-state index contributed by atoms with van der Waals surface area (Å²) in [4.78, 5) is 13.6. The zero-order chi connectivity index (χ0) is 29.7. The Bertz CT molecular complexity index is 1280. The van der Waals surface area contributed by atoms with Crippen molar-refractivity contribution in [1.29, 1.82) is 0 Å². The van der Waals surface area contributed by atoms with Crippen LogP contribution in [0.1, 0.15) is 54.0 Å². The summed E-state index contributed by atoms with van der Waals surface area (Å²) in [7, 11) is 0. The molecule has 5 nitrogen and oxygen atoms in total. The molecule has 1 saturated carbocycles. The van der Waals surface area contributed by atoms with Gasteiger partial charge in [-0.25, -0.2) is 4.39 Å². The summed E-state index contributed by atoms with van der Waals surface area (Å²) in [5.74, 6) is -1.84. The number of ketones is 1. The van der Waals surface area contributed by atoms with Gasteiger partial charge in [-0.3, -0.25) is 4.79 Å². The molecule has 1 saturated heterocycles. The van der Waals surface area contributed by atoms with E-state index >= 15 is 0 Å². The fraction of sp³-hybridized carbons (Fsp3) is 0.483. The molecule has 2 aliphatic heterocycles. The maximum Gasteiger partial charge on any atom is 0.416 e. The highest BCUT2D eigenvalue weighted by atomic mass is 19.4. The summed E-state index contributed by atoms with van der Waals surface area (Å²) in [6, 6.07) is 6.94. The summed E-state index contributed by atoms with van der Waals surface area (Å²) in [5.41, 5.74) is -2.02. The van der Waals surface area contributed by atoms with Gasteiger partial charge < -0.3 is 19.5 Å². The number of fused-ring (bicyclic) bond motifs is 1. The molecule has 0 radical (unpaired) electrons. The third-order valence-electron chi connectivity index (χ3n) is 8.18. The molecule has 0 bridgehead atoms. The van der Waals surface area contributed by atoms with E-state index in [9.17, 15) is 40.6 Å². The summed E-state index contributed by atoms with van der Waals surface area (Å²) >= 11 is 0. The quantitative estimate of drug-likeness (QED) is 0.420. The molecule has 0 spiro atoms. The van der Waals surface area contributed by atoms with Crippen molar-refractivity contribution < 1.29 is 50.1 Å². The highest BCUT2D eigenvalue weighted by Crippen LogP contribution is 2.51. The molecule has 1 unspecified atom stereocenters. The minimum atomic E-state index is -5.00. The first-order valence-electron chi connectivity index (χ1n) is 13.2. The van der Waals surface area contributed by atoms with Crippen LogP contribution in [-0.4, -0.2) is 47.9 Å². The standard InChI is InChI=1S/C29H28F7NO4/c1-15(18-8-19(28(31,32)33)10-20(9-18)29(34,35)36)41-24-7-4-17-12-37(22-11-23(38)14-40-13-22)27(39)26(17)25(24)16-2-5-21(30)6-3-16/h2-3,5-6,8-11,15,17,24-27,39H,4,7,12-14H2,1H3/t15-,17-,24+,25-,26-,27?/m1/s1. The van der Waals surface area contributed by atoms with Crippen molar-refractivity contribution in [1.82, 2.24) is 4.90 Å². The van der Waals surface area contributed by atoms with Crippen LogP contribution >= 0.6 is 0 Å². The molecular formula is C29H28F7NO4. The fourth-order valence-corrected chi connectivity index (χ4v) is 6.31. The topological polar surface area (TPSA) is 59.0 Å². The second kappa shape index (κ2) is 11.0. The van der Waals surface area contributed by atoms with Gasteiger partial charge in [-0.15, -0.1) is 0 Å². The van der Waals surface area contributed by atoms with Gasteiger partial charge in [0.05, 0.1) is 29.9 Å². The number of carbonyl (C=O) groups excluding carboxylic acids is 1. The molecule has 41 heavy (non-hydrogen) atoms. The second-order valence-corrected chi connectivity index (χ2v) is 10.8. The molecule has 12 heteroatoms. The van der Waals surface area contributed by atoms with E-state index in [1.807, 2.05) is 0 Å². The van der Waals surface area contributed by atoms with E-state index < -0.39 is 59.6 Å². The van der Waals surface area contributed by atoms with Crippen molar-refractivity contribution in [3.8, 4) is 0 Å². The predicted molar refractivity (Wildman–Crippen MR) is 132 cm³/mol. The number of aliphatic hydroxyl groups is 1. The van der Waals surface area contributed by atoms with E-state index in [1.54, 1.807) is 4.90 Å². The second-order valence-electron chi connectivity index (χ2n) is 10.8. The van der Waals surface area contributed by atoms with Crippen LogP contribution in [-0.2, 0) is 26.6 Å². The monoisotopic (exact) mass is 587 g/mol. The number of ether oxygens (including phenoxy) is 2. The highest BCUT2D eigenvalue weighted by Gasteiger charge is 2.52. The summed E-state index contributed by atoms with van der Waals surface area (Å²) in [6.07, 6.45) is -10.6. The molecule has 1 aliphatic carbocycles. The molecule has 2 heterocycles. The lowest BCUT2D eigenvalue weighted by Gasteiger charge is -2.42.